The molecule has 1 aliphatic rings. The van der Waals surface area contributed by atoms with Gasteiger partial charge >= 0.3 is 0 Å². The Balaban J connectivity index is 1.92. The van der Waals surface area contributed by atoms with Gasteiger partial charge in [-0.15, -0.1) is 0 Å². The van der Waals surface area contributed by atoms with Crippen LogP contribution < -0.4 is 0 Å². The Kier molecular flexibility index (Phi) is 3.27. The molecule has 0 aromatic carbocycles. The second-order valence-corrected chi connectivity index (χ2v) is 4.84. The molecule has 0 radical (unpaired) electrons. The molecule has 0 saturated carbocycles. The van der Waals surface area contributed by atoms with E-state index < -0.39 is 0 Å². The molecule has 0 unspecified atom stereocenters. The first-order chi connectivity index (χ1) is 7.68. The van der Waals surface area contributed by atoms with Crippen molar-refractivity contribution in [3.8, 4) is 0 Å². The van der Waals surface area contributed by atoms with E-state index in [-0.39, 0.29) is 5.91 Å². The summed E-state index contributed by atoms with van der Waals surface area (Å²) in [5.41, 5.74) is 0.600. The zero-order valence-corrected chi connectivity index (χ0v) is 9.94. The van der Waals surface area contributed by atoms with Gasteiger partial charge in [0.05, 0.1) is 12.5 Å². The van der Waals surface area contributed by atoms with E-state index in [1.54, 1.807) is 12.5 Å². The number of aromatic amines is 1. The Morgan fingerprint density at radius 3 is 2.69 bits per heavy atom. The molecule has 0 bridgehead atoms. The van der Waals surface area contributed by atoms with Gasteiger partial charge in [-0.2, -0.15) is 0 Å². The predicted octanol–water partition coefficient (Wildman–Crippen LogP) is 1.92. The van der Waals surface area contributed by atoms with Gasteiger partial charge in [-0.3, -0.25) is 4.79 Å². The van der Waals surface area contributed by atoms with Crippen LogP contribution in [0.1, 0.15) is 37.2 Å². The number of carbonyl (C=O) groups excluding carboxylic acids is 1. The Hall–Kier alpha value is -1.32. The molecule has 1 aromatic heterocycles. The van der Waals surface area contributed by atoms with Crippen LogP contribution in [-0.4, -0.2) is 33.9 Å². The van der Waals surface area contributed by atoms with Gasteiger partial charge in [-0.25, -0.2) is 4.98 Å². The highest BCUT2D eigenvalue weighted by molar-refractivity contribution is 5.92. The third-order valence-electron chi connectivity index (χ3n) is 3.50. The number of aromatic nitrogens is 2. The maximum atomic E-state index is 12.0. The summed E-state index contributed by atoms with van der Waals surface area (Å²) in [6.45, 7) is 6.27. The van der Waals surface area contributed by atoms with Crippen molar-refractivity contribution in [3.05, 3.63) is 18.2 Å². The average Bonchev–Trinajstić information content (AvgIpc) is 2.81. The number of H-pyrrole nitrogens is 1. The number of likely N-dealkylation sites (tertiary alicyclic amines) is 1. The Morgan fingerprint density at radius 2 is 2.19 bits per heavy atom. The summed E-state index contributed by atoms with van der Waals surface area (Å²) in [6, 6.07) is 0. The highest BCUT2D eigenvalue weighted by Crippen LogP contribution is 2.24. The minimum absolute atomic E-state index is 0.0831. The zero-order valence-electron chi connectivity index (χ0n) is 9.94. The van der Waals surface area contributed by atoms with E-state index in [2.05, 4.69) is 23.8 Å². The van der Waals surface area contributed by atoms with Crippen molar-refractivity contribution in [2.75, 3.05) is 13.1 Å². The lowest BCUT2D eigenvalue weighted by Crippen LogP contribution is -2.39. The predicted molar refractivity (Wildman–Crippen MR) is 62.1 cm³/mol. The minimum Gasteiger partial charge on any atom is -0.341 e. The van der Waals surface area contributed by atoms with Crippen LogP contribution in [0.4, 0.5) is 0 Å². The lowest BCUT2D eigenvalue weighted by Gasteiger charge is -2.33. The largest absolute Gasteiger partial charge is 0.341 e. The molecule has 1 fully saturated rings. The van der Waals surface area contributed by atoms with Gasteiger partial charge < -0.3 is 9.88 Å². The molecule has 1 saturated heterocycles. The average molecular weight is 221 g/mol. The van der Waals surface area contributed by atoms with E-state index in [0.29, 0.717) is 5.69 Å². The molecule has 88 valence electrons. The summed E-state index contributed by atoms with van der Waals surface area (Å²) in [5.74, 6) is 1.58. The van der Waals surface area contributed by atoms with E-state index in [1.165, 1.54) is 0 Å². The number of hydrogen-bond donors (Lipinski definition) is 1. The van der Waals surface area contributed by atoms with Gasteiger partial charge in [0.2, 0.25) is 0 Å². The Bertz CT molecular complexity index is 337. The van der Waals surface area contributed by atoms with E-state index >= 15 is 0 Å². The molecule has 0 spiro atoms. The first-order valence-corrected chi connectivity index (χ1v) is 5.96. The third kappa shape index (κ3) is 2.26. The van der Waals surface area contributed by atoms with Crippen molar-refractivity contribution < 1.29 is 4.79 Å². The number of hydrogen-bond acceptors (Lipinski definition) is 2. The van der Waals surface area contributed by atoms with Gasteiger partial charge in [-0.05, 0) is 24.7 Å². The topological polar surface area (TPSA) is 49.0 Å². The van der Waals surface area contributed by atoms with Crippen LogP contribution in [0.25, 0.3) is 0 Å². The van der Waals surface area contributed by atoms with Crippen molar-refractivity contribution in [2.45, 2.75) is 26.7 Å². The van der Waals surface area contributed by atoms with Crippen molar-refractivity contribution >= 4 is 5.91 Å². The highest BCUT2D eigenvalue weighted by Gasteiger charge is 2.25. The summed E-state index contributed by atoms with van der Waals surface area (Å²) in [5, 5.41) is 0. The standard InChI is InChI=1S/C12H19N3O/c1-9(2)10-3-5-15(6-4-10)12(16)11-7-13-8-14-11/h7-10H,3-6H2,1-2H3,(H,13,14). The van der Waals surface area contributed by atoms with Gasteiger partial charge in [-0.1, -0.05) is 13.8 Å². The van der Waals surface area contributed by atoms with Crippen molar-refractivity contribution in [2.24, 2.45) is 11.8 Å². The molecule has 4 nitrogen and oxygen atoms in total. The fraction of sp³-hybridized carbons (Fsp3) is 0.667. The molecule has 0 atom stereocenters. The Morgan fingerprint density at radius 1 is 1.50 bits per heavy atom. The van der Waals surface area contributed by atoms with E-state index in [1.807, 2.05) is 4.90 Å². The number of carbonyl (C=O) groups is 1. The minimum atomic E-state index is 0.0831. The number of amides is 1. The summed E-state index contributed by atoms with van der Waals surface area (Å²) < 4.78 is 0. The molecule has 4 heteroatoms. The van der Waals surface area contributed by atoms with Crippen LogP contribution in [-0.2, 0) is 0 Å². The van der Waals surface area contributed by atoms with Crippen molar-refractivity contribution in [1.29, 1.82) is 0 Å². The molecule has 1 aromatic rings. The first-order valence-electron chi connectivity index (χ1n) is 5.96. The van der Waals surface area contributed by atoms with Crippen LogP contribution in [0.15, 0.2) is 12.5 Å². The van der Waals surface area contributed by atoms with Crippen LogP contribution in [0.3, 0.4) is 0 Å². The molecule has 2 heterocycles. The molecule has 0 aliphatic carbocycles. The lowest BCUT2D eigenvalue weighted by atomic mass is 9.86. The maximum Gasteiger partial charge on any atom is 0.271 e. The summed E-state index contributed by atoms with van der Waals surface area (Å²) >= 11 is 0. The van der Waals surface area contributed by atoms with Crippen molar-refractivity contribution in [3.63, 3.8) is 0 Å². The summed E-state index contributed by atoms with van der Waals surface area (Å²) in [7, 11) is 0. The van der Waals surface area contributed by atoms with Gasteiger partial charge in [0.25, 0.3) is 5.91 Å². The van der Waals surface area contributed by atoms with Gasteiger partial charge in [0, 0.05) is 13.1 Å². The van der Waals surface area contributed by atoms with Crippen LogP contribution >= 0.6 is 0 Å². The third-order valence-corrected chi connectivity index (χ3v) is 3.50. The quantitative estimate of drug-likeness (QED) is 0.829. The number of rotatable bonds is 2. The van der Waals surface area contributed by atoms with Crippen molar-refractivity contribution in [1.82, 2.24) is 14.9 Å². The second-order valence-electron chi connectivity index (χ2n) is 4.84. The number of piperidine rings is 1. The van der Waals surface area contributed by atoms with E-state index in [0.717, 1.165) is 37.8 Å². The maximum absolute atomic E-state index is 12.0. The zero-order chi connectivity index (χ0) is 11.5. The number of imidazole rings is 1. The van der Waals surface area contributed by atoms with Crippen LogP contribution in [0.5, 0.6) is 0 Å². The molecule has 1 amide bonds. The lowest BCUT2D eigenvalue weighted by molar-refractivity contribution is 0.0662. The van der Waals surface area contributed by atoms with E-state index in [4.69, 9.17) is 0 Å². The monoisotopic (exact) mass is 221 g/mol. The highest BCUT2D eigenvalue weighted by atomic mass is 16.2. The number of nitrogens with zero attached hydrogens (tertiary/aromatic N) is 2. The molecular weight excluding hydrogens is 202 g/mol. The normalized spacial score (nSPS) is 18.1. The summed E-state index contributed by atoms with van der Waals surface area (Å²) in [6.07, 6.45) is 5.39. The smallest absolute Gasteiger partial charge is 0.271 e. The number of nitrogens with one attached hydrogen (secondary N) is 1. The first kappa shape index (κ1) is 11.2. The summed E-state index contributed by atoms with van der Waals surface area (Å²) in [4.78, 5) is 20.7. The van der Waals surface area contributed by atoms with Gasteiger partial charge in [0.1, 0.15) is 5.69 Å². The molecule has 16 heavy (non-hydrogen) atoms. The van der Waals surface area contributed by atoms with Gasteiger partial charge in [0.15, 0.2) is 0 Å². The Labute approximate surface area is 96.1 Å². The molecule has 1 aliphatic heterocycles. The van der Waals surface area contributed by atoms with E-state index in [9.17, 15) is 4.79 Å². The fourth-order valence-corrected chi connectivity index (χ4v) is 2.31. The molecule has 1 N–H and O–H groups in total. The molecular formula is C12H19N3O. The SMILES string of the molecule is CC(C)C1CCN(C(=O)c2cnc[nH]2)CC1. The molecule has 2 rings (SSSR count). The fourth-order valence-electron chi connectivity index (χ4n) is 2.31. The van der Waals surface area contributed by atoms with Crippen LogP contribution in [0.2, 0.25) is 0 Å². The van der Waals surface area contributed by atoms with Crippen LogP contribution in [0, 0.1) is 11.8 Å². The second kappa shape index (κ2) is 4.68.